The Balaban J connectivity index is 2.39. The lowest BCUT2D eigenvalue weighted by Crippen LogP contribution is -2.15. The molecule has 0 saturated heterocycles. The van der Waals surface area contributed by atoms with E-state index in [0.717, 1.165) is 5.69 Å². The molecule has 74 valence electrons. The minimum absolute atomic E-state index is 0.518. The summed E-state index contributed by atoms with van der Waals surface area (Å²) < 4.78 is 4.99. The van der Waals surface area contributed by atoms with Crippen molar-refractivity contribution in [2.75, 3.05) is 13.7 Å². The molecule has 0 fully saturated rings. The normalized spacial score (nSPS) is 9.43. The molecule has 0 spiro atoms. The second-order valence-corrected chi connectivity index (χ2v) is 2.76. The molecular formula is C10H13N3O. The predicted octanol–water partition coefficient (Wildman–Crippen LogP) is 1.09. The van der Waals surface area contributed by atoms with Gasteiger partial charge in [0.2, 0.25) is 5.88 Å². The topological polar surface area (TPSA) is 57.9 Å². The van der Waals surface area contributed by atoms with Crippen molar-refractivity contribution in [1.82, 2.24) is 10.3 Å². The first-order chi connectivity index (χ1) is 6.86. The van der Waals surface area contributed by atoms with Crippen molar-refractivity contribution in [3.63, 3.8) is 0 Å². The van der Waals surface area contributed by atoms with Gasteiger partial charge in [0.1, 0.15) is 0 Å². The first kappa shape index (κ1) is 10.5. The summed E-state index contributed by atoms with van der Waals surface area (Å²) >= 11 is 0. The van der Waals surface area contributed by atoms with Gasteiger partial charge in [0.25, 0.3) is 0 Å². The first-order valence-corrected chi connectivity index (χ1v) is 4.44. The molecule has 1 aromatic rings. The third-order valence-corrected chi connectivity index (χ3v) is 1.71. The van der Waals surface area contributed by atoms with Gasteiger partial charge < -0.3 is 10.1 Å². The Kier molecular flexibility index (Phi) is 4.45. The molecule has 1 N–H and O–H groups in total. The van der Waals surface area contributed by atoms with Crippen LogP contribution in [0.15, 0.2) is 18.2 Å². The molecule has 0 aliphatic carbocycles. The average Bonchev–Trinajstić information content (AvgIpc) is 2.25. The van der Waals surface area contributed by atoms with Gasteiger partial charge in [-0.15, -0.1) is 0 Å². The van der Waals surface area contributed by atoms with E-state index in [2.05, 4.69) is 16.4 Å². The minimum atomic E-state index is 0.518. The van der Waals surface area contributed by atoms with Crippen LogP contribution < -0.4 is 10.1 Å². The van der Waals surface area contributed by atoms with E-state index in [1.54, 1.807) is 13.2 Å². The monoisotopic (exact) mass is 191 g/mol. The molecule has 1 aromatic heterocycles. The van der Waals surface area contributed by atoms with Crippen molar-refractivity contribution in [2.24, 2.45) is 0 Å². The molecule has 1 heterocycles. The Morgan fingerprint density at radius 3 is 3.14 bits per heavy atom. The molecule has 1 rings (SSSR count). The fraction of sp³-hybridized carbons (Fsp3) is 0.400. The summed E-state index contributed by atoms with van der Waals surface area (Å²) in [5.74, 6) is 0.615. The van der Waals surface area contributed by atoms with Gasteiger partial charge in [0, 0.05) is 25.6 Å². The van der Waals surface area contributed by atoms with E-state index in [0.29, 0.717) is 25.4 Å². The zero-order valence-corrected chi connectivity index (χ0v) is 8.16. The van der Waals surface area contributed by atoms with E-state index in [-0.39, 0.29) is 0 Å². The third kappa shape index (κ3) is 3.42. The molecule has 14 heavy (non-hydrogen) atoms. The van der Waals surface area contributed by atoms with Crippen molar-refractivity contribution in [3.8, 4) is 11.9 Å². The second-order valence-electron chi connectivity index (χ2n) is 2.76. The number of methoxy groups -OCH3 is 1. The van der Waals surface area contributed by atoms with Crippen molar-refractivity contribution in [2.45, 2.75) is 13.0 Å². The van der Waals surface area contributed by atoms with Crippen LogP contribution in [0.1, 0.15) is 12.1 Å². The van der Waals surface area contributed by atoms with Gasteiger partial charge >= 0.3 is 0 Å². The number of rotatable bonds is 5. The van der Waals surface area contributed by atoms with Gasteiger partial charge in [-0.25, -0.2) is 4.98 Å². The molecule has 0 unspecified atom stereocenters. The fourth-order valence-corrected chi connectivity index (χ4v) is 1.03. The highest BCUT2D eigenvalue weighted by atomic mass is 16.5. The quantitative estimate of drug-likeness (QED) is 0.708. The SMILES string of the molecule is COc1cccc(CNCCC#N)n1. The van der Waals surface area contributed by atoms with Gasteiger partial charge in [-0.1, -0.05) is 6.07 Å². The molecule has 0 amide bonds. The summed E-state index contributed by atoms with van der Waals surface area (Å²) in [7, 11) is 1.59. The van der Waals surface area contributed by atoms with Crippen molar-refractivity contribution < 1.29 is 4.74 Å². The highest BCUT2D eigenvalue weighted by Crippen LogP contribution is 2.05. The molecular weight excluding hydrogens is 178 g/mol. The van der Waals surface area contributed by atoms with Crippen LogP contribution in [0.25, 0.3) is 0 Å². The second kappa shape index (κ2) is 5.95. The molecule has 0 aliphatic heterocycles. The van der Waals surface area contributed by atoms with Crippen LogP contribution in [0.2, 0.25) is 0 Å². The number of nitrogens with zero attached hydrogens (tertiary/aromatic N) is 2. The molecule has 0 saturated carbocycles. The van der Waals surface area contributed by atoms with Gasteiger partial charge in [0.15, 0.2) is 0 Å². The summed E-state index contributed by atoms with van der Waals surface area (Å²) in [5, 5.41) is 11.4. The standard InChI is InChI=1S/C10H13N3O/c1-14-10-5-2-4-9(13-10)8-12-7-3-6-11/h2,4-5,12H,3,7-8H2,1H3. The Morgan fingerprint density at radius 2 is 2.43 bits per heavy atom. The molecule has 0 bridgehead atoms. The number of hydrogen-bond acceptors (Lipinski definition) is 4. The molecule has 4 heteroatoms. The van der Waals surface area contributed by atoms with Crippen molar-refractivity contribution in [1.29, 1.82) is 5.26 Å². The fourth-order valence-electron chi connectivity index (χ4n) is 1.03. The van der Waals surface area contributed by atoms with Crippen LogP contribution in [0.3, 0.4) is 0 Å². The minimum Gasteiger partial charge on any atom is -0.481 e. The summed E-state index contributed by atoms with van der Waals surface area (Å²) in [5.41, 5.74) is 0.919. The Morgan fingerprint density at radius 1 is 1.57 bits per heavy atom. The van der Waals surface area contributed by atoms with E-state index < -0.39 is 0 Å². The lowest BCUT2D eigenvalue weighted by atomic mass is 10.3. The molecule has 0 radical (unpaired) electrons. The summed E-state index contributed by atoms with van der Waals surface area (Å²) in [6, 6.07) is 7.69. The average molecular weight is 191 g/mol. The Bertz CT molecular complexity index is 319. The number of pyridine rings is 1. The van der Waals surface area contributed by atoms with Gasteiger partial charge in [0.05, 0.1) is 18.9 Å². The van der Waals surface area contributed by atoms with Crippen LogP contribution in [-0.2, 0) is 6.54 Å². The van der Waals surface area contributed by atoms with E-state index >= 15 is 0 Å². The molecule has 0 aromatic carbocycles. The highest BCUT2D eigenvalue weighted by molar-refractivity contribution is 5.15. The number of nitriles is 1. The van der Waals surface area contributed by atoms with Gasteiger partial charge in [-0.05, 0) is 6.07 Å². The Labute approximate surface area is 83.5 Å². The van der Waals surface area contributed by atoms with E-state index in [1.165, 1.54) is 0 Å². The lowest BCUT2D eigenvalue weighted by Gasteiger charge is -2.03. The third-order valence-electron chi connectivity index (χ3n) is 1.71. The van der Waals surface area contributed by atoms with E-state index in [9.17, 15) is 0 Å². The zero-order chi connectivity index (χ0) is 10.2. The van der Waals surface area contributed by atoms with E-state index in [4.69, 9.17) is 10.00 Å². The van der Waals surface area contributed by atoms with Gasteiger partial charge in [-0.2, -0.15) is 5.26 Å². The maximum absolute atomic E-state index is 8.32. The highest BCUT2D eigenvalue weighted by Gasteiger charge is 1.96. The first-order valence-electron chi connectivity index (χ1n) is 4.44. The van der Waals surface area contributed by atoms with Crippen LogP contribution in [0.5, 0.6) is 5.88 Å². The lowest BCUT2D eigenvalue weighted by molar-refractivity contribution is 0.395. The number of nitrogens with one attached hydrogen (secondary N) is 1. The number of ether oxygens (including phenoxy) is 1. The van der Waals surface area contributed by atoms with Crippen LogP contribution >= 0.6 is 0 Å². The van der Waals surface area contributed by atoms with Crippen LogP contribution in [0.4, 0.5) is 0 Å². The van der Waals surface area contributed by atoms with Crippen LogP contribution in [-0.4, -0.2) is 18.6 Å². The zero-order valence-electron chi connectivity index (χ0n) is 8.16. The van der Waals surface area contributed by atoms with Gasteiger partial charge in [-0.3, -0.25) is 0 Å². The Hall–Kier alpha value is -1.60. The summed E-state index contributed by atoms with van der Waals surface area (Å²) in [6.07, 6.45) is 0.518. The molecule has 0 atom stereocenters. The largest absolute Gasteiger partial charge is 0.481 e. The van der Waals surface area contributed by atoms with Crippen molar-refractivity contribution in [3.05, 3.63) is 23.9 Å². The summed E-state index contributed by atoms with van der Waals surface area (Å²) in [6.45, 7) is 1.36. The number of hydrogen-bond donors (Lipinski definition) is 1. The number of aromatic nitrogens is 1. The molecule has 0 aliphatic rings. The predicted molar refractivity (Wildman–Crippen MR) is 52.7 cm³/mol. The maximum atomic E-state index is 8.32. The smallest absolute Gasteiger partial charge is 0.213 e. The summed E-state index contributed by atoms with van der Waals surface area (Å²) in [4.78, 5) is 4.22. The van der Waals surface area contributed by atoms with Crippen LogP contribution in [0, 0.1) is 11.3 Å². The molecule has 4 nitrogen and oxygen atoms in total. The van der Waals surface area contributed by atoms with E-state index in [1.807, 2.05) is 12.1 Å². The maximum Gasteiger partial charge on any atom is 0.213 e. The van der Waals surface area contributed by atoms with Crippen molar-refractivity contribution >= 4 is 0 Å².